The summed E-state index contributed by atoms with van der Waals surface area (Å²) in [5.74, 6) is 0. The van der Waals surface area contributed by atoms with Crippen molar-refractivity contribution in [2.24, 2.45) is 0 Å². The lowest BCUT2D eigenvalue weighted by Crippen LogP contribution is -2.54. The van der Waals surface area contributed by atoms with E-state index in [1.807, 2.05) is 30.3 Å². The molecule has 220 valence electrons. The summed E-state index contributed by atoms with van der Waals surface area (Å²) in [6.45, 7) is 12.3. The summed E-state index contributed by atoms with van der Waals surface area (Å²) in [5, 5.41) is 38.8. The van der Waals surface area contributed by atoms with Crippen molar-refractivity contribution in [1.29, 1.82) is 0 Å². The van der Waals surface area contributed by atoms with E-state index < -0.39 is 38.8 Å². The predicted octanol–water partition coefficient (Wildman–Crippen LogP) is 2.64. The summed E-state index contributed by atoms with van der Waals surface area (Å²) in [6.07, 6.45) is -4.14. The molecule has 4 rings (SSSR count). The number of hydrogen-bond acceptors (Lipinski definition) is 9. The van der Waals surface area contributed by atoms with Crippen molar-refractivity contribution in [1.82, 2.24) is 0 Å². The van der Waals surface area contributed by atoms with E-state index in [9.17, 15) is 15.3 Å². The highest BCUT2D eigenvalue weighted by molar-refractivity contribution is 6.74. The molecule has 12 heteroatoms. The zero-order valence-corrected chi connectivity index (χ0v) is 25.3. The molecule has 3 heterocycles. The molecule has 38 heavy (non-hydrogen) atoms. The van der Waals surface area contributed by atoms with E-state index >= 15 is 0 Å². The third kappa shape index (κ3) is 9.93. The topological polar surface area (TPSA) is 130 Å². The molecule has 0 saturated carbocycles. The number of halogens is 2. The zero-order valence-electron chi connectivity index (χ0n) is 22.8. The molecule has 0 aliphatic carbocycles. The molecule has 9 nitrogen and oxygen atoms in total. The first-order chi connectivity index (χ1) is 17.9. The van der Waals surface area contributed by atoms with Gasteiger partial charge in [-0.05, 0) is 23.7 Å². The van der Waals surface area contributed by atoms with Crippen LogP contribution in [0.1, 0.15) is 26.3 Å². The van der Waals surface area contributed by atoms with Crippen LogP contribution in [0.2, 0.25) is 18.1 Å². The van der Waals surface area contributed by atoms with Crippen LogP contribution < -0.4 is 0 Å². The lowest BCUT2D eigenvalue weighted by Gasteiger charge is -2.38. The van der Waals surface area contributed by atoms with Gasteiger partial charge in [0.05, 0.1) is 38.4 Å². The van der Waals surface area contributed by atoms with Crippen LogP contribution in [0.15, 0.2) is 30.3 Å². The molecule has 1 aromatic rings. The molecule has 1 aromatic carbocycles. The third-order valence-electron chi connectivity index (χ3n) is 7.30. The number of ether oxygens (including phenoxy) is 4. The van der Waals surface area contributed by atoms with Crippen molar-refractivity contribution in [2.75, 3.05) is 31.8 Å². The Bertz CT molecular complexity index is 799. The van der Waals surface area contributed by atoms with Gasteiger partial charge in [-0.2, -0.15) is 0 Å². The maximum Gasteiger partial charge on any atom is 0.192 e. The van der Waals surface area contributed by atoms with Crippen LogP contribution in [0, 0.1) is 0 Å². The number of epoxide rings is 1. The molecule has 3 fully saturated rings. The van der Waals surface area contributed by atoms with Crippen LogP contribution in [0.5, 0.6) is 0 Å². The van der Waals surface area contributed by atoms with Crippen LogP contribution in [-0.2, 0) is 30.0 Å². The van der Waals surface area contributed by atoms with E-state index in [0.717, 1.165) is 5.56 Å². The first-order valence-electron chi connectivity index (χ1n) is 12.8. The number of fused-ring (bicyclic) bond motifs is 1. The second-order valence-electron chi connectivity index (χ2n) is 11.0. The second-order valence-corrected chi connectivity index (χ2v) is 16.7. The lowest BCUT2D eigenvalue weighted by atomic mass is 10.0. The van der Waals surface area contributed by atoms with E-state index in [2.05, 4.69) is 33.9 Å². The van der Waals surface area contributed by atoms with Crippen molar-refractivity contribution in [3.05, 3.63) is 35.9 Å². The van der Waals surface area contributed by atoms with E-state index in [-0.39, 0.29) is 41.9 Å². The molecule has 0 bridgehead atoms. The fourth-order valence-electron chi connectivity index (χ4n) is 3.71. The summed E-state index contributed by atoms with van der Waals surface area (Å²) in [4.78, 5) is 0. The van der Waals surface area contributed by atoms with Crippen LogP contribution >= 0.6 is 23.2 Å². The lowest BCUT2D eigenvalue weighted by molar-refractivity contribution is -0.211. The highest BCUT2D eigenvalue weighted by atomic mass is 35.5. The molecule has 3 aliphatic rings. The molecule has 0 spiro atoms. The van der Waals surface area contributed by atoms with Crippen molar-refractivity contribution >= 4 is 31.5 Å². The maximum atomic E-state index is 9.96. The highest BCUT2D eigenvalue weighted by Crippen LogP contribution is 2.38. The van der Waals surface area contributed by atoms with Crippen molar-refractivity contribution in [3.63, 3.8) is 0 Å². The Kier molecular flexibility index (Phi) is 13.9. The van der Waals surface area contributed by atoms with E-state index in [4.69, 9.17) is 51.7 Å². The number of benzene rings is 1. The van der Waals surface area contributed by atoms with Gasteiger partial charge in [-0.3, -0.25) is 0 Å². The Labute approximate surface area is 237 Å². The SMILES string of the molecule is CC(C)(C)[Si](C)(C)OC[C@@H]1OC[C@H]2O[C@H]2[C@H]1O.ClCCl.OC[C@@H]1OC[C@H](OCc2ccccc2)[C@@H](O)[C@H]1O. The van der Waals surface area contributed by atoms with Gasteiger partial charge in [-0.15, -0.1) is 23.2 Å². The molecule has 8 atom stereocenters. The molecule has 3 saturated heterocycles. The highest BCUT2D eigenvalue weighted by Gasteiger charge is 2.52. The van der Waals surface area contributed by atoms with Crippen LogP contribution in [0.4, 0.5) is 0 Å². The van der Waals surface area contributed by atoms with E-state index in [1.54, 1.807) is 0 Å². The van der Waals surface area contributed by atoms with Crippen molar-refractivity contribution in [3.8, 4) is 0 Å². The van der Waals surface area contributed by atoms with Crippen LogP contribution in [0.25, 0.3) is 0 Å². The fourth-order valence-corrected chi connectivity index (χ4v) is 4.73. The predicted molar refractivity (Wildman–Crippen MR) is 148 cm³/mol. The summed E-state index contributed by atoms with van der Waals surface area (Å²) in [5.41, 5.74) is 0.989. The van der Waals surface area contributed by atoms with Crippen LogP contribution in [0.3, 0.4) is 0 Å². The molecule has 0 aromatic heterocycles. The standard InChI is InChI=1S/C13H18O5.C12H24O4Si.CH2Cl2/c14-6-10-12(15)13(16)11(8-18-10)17-7-9-4-2-1-3-5-9;1-12(2,3)17(4,5)15-7-8-10(13)11-9(16-11)6-14-8;2-1-3/h1-5,10-16H,6-8H2;8-11,13H,6-7H2,1-5H3;1H2/t10-,11-,12-,13+;8-,9+,10-,11+;/m00./s1. The number of hydrogen-bond donors (Lipinski definition) is 4. The second kappa shape index (κ2) is 15.6. The van der Waals surface area contributed by atoms with Gasteiger partial charge in [0.2, 0.25) is 0 Å². The van der Waals surface area contributed by atoms with Gasteiger partial charge in [-0.1, -0.05) is 51.1 Å². The van der Waals surface area contributed by atoms with E-state index in [1.165, 1.54) is 0 Å². The van der Waals surface area contributed by atoms with Gasteiger partial charge in [0, 0.05) is 0 Å². The van der Waals surface area contributed by atoms with Gasteiger partial charge >= 0.3 is 0 Å². The molecule has 0 unspecified atom stereocenters. The minimum absolute atomic E-state index is 0.0169. The van der Waals surface area contributed by atoms with Crippen molar-refractivity contribution < 1.29 is 43.8 Å². The zero-order chi connectivity index (χ0) is 28.5. The molecule has 4 N–H and O–H groups in total. The Morgan fingerprint density at radius 2 is 1.55 bits per heavy atom. The molecule has 0 radical (unpaired) electrons. The Morgan fingerprint density at radius 3 is 2.13 bits per heavy atom. The average Bonchev–Trinajstić information content (AvgIpc) is 3.66. The van der Waals surface area contributed by atoms with Crippen molar-refractivity contribution in [2.45, 2.75) is 94.3 Å². The molecular formula is C26H44Cl2O9Si. The van der Waals surface area contributed by atoms with Gasteiger partial charge in [-0.25, -0.2) is 0 Å². The smallest absolute Gasteiger partial charge is 0.192 e. The summed E-state index contributed by atoms with van der Waals surface area (Å²) in [6, 6.07) is 9.57. The van der Waals surface area contributed by atoms with Crippen LogP contribution in [-0.4, -0.2) is 109 Å². The van der Waals surface area contributed by atoms with E-state index in [0.29, 0.717) is 19.8 Å². The normalized spacial score (nSPS) is 32.7. The van der Waals surface area contributed by atoms with Gasteiger partial charge in [0.25, 0.3) is 0 Å². The number of aliphatic hydroxyl groups excluding tert-OH is 4. The minimum Gasteiger partial charge on any atom is -0.414 e. The molecule has 0 amide bonds. The maximum absolute atomic E-state index is 9.96. The minimum atomic E-state index is -1.76. The Hall–Kier alpha value is -0.343. The fraction of sp³-hybridized carbons (Fsp3) is 0.769. The summed E-state index contributed by atoms with van der Waals surface area (Å²) in [7, 11) is -1.76. The third-order valence-corrected chi connectivity index (χ3v) is 11.8. The largest absolute Gasteiger partial charge is 0.414 e. The first-order valence-corrected chi connectivity index (χ1v) is 16.8. The van der Waals surface area contributed by atoms with Gasteiger partial charge < -0.3 is 43.8 Å². The quantitative estimate of drug-likeness (QED) is 0.212. The van der Waals surface area contributed by atoms with Gasteiger partial charge in [0.15, 0.2) is 8.32 Å². The Morgan fingerprint density at radius 1 is 0.947 bits per heavy atom. The number of alkyl halides is 2. The monoisotopic (exact) mass is 598 g/mol. The molecular weight excluding hydrogens is 555 g/mol. The first kappa shape index (κ1) is 33.9. The Balaban J connectivity index is 0.000000242. The van der Waals surface area contributed by atoms with Gasteiger partial charge in [0.1, 0.15) is 48.8 Å². The number of rotatable bonds is 7. The number of aliphatic hydroxyl groups is 4. The summed E-state index contributed by atoms with van der Waals surface area (Å²) < 4.78 is 27.7. The average molecular weight is 600 g/mol. The summed E-state index contributed by atoms with van der Waals surface area (Å²) >= 11 is 9.53. The molecule has 3 aliphatic heterocycles.